The molecule has 156 valence electrons. The lowest BCUT2D eigenvalue weighted by molar-refractivity contribution is -0.127. The number of imide groups is 1. The highest BCUT2D eigenvalue weighted by molar-refractivity contribution is 6.15. The number of nitrogens with zero attached hydrogens (tertiary/aromatic N) is 1. The van der Waals surface area contributed by atoms with Crippen molar-refractivity contribution in [3.8, 4) is 17.1 Å². The molecule has 0 spiro atoms. The SMILES string of the molecule is COc1ccc(NC(=O)CN2C(=O)NC(=Cc3ccc(-c4ccccc4)o3)C2=O)cc1. The van der Waals surface area contributed by atoms with Gasteiger partial charge in [0.25, 0.3) is 5.91 Å². The zero-order chi connectivity index (χ0) is 21.8. The summed E-state index contributed by atoms with van der Waals surface area (Å²) >= 11 is 0. The molecule has 0 atom stereocenters. The summed E-state index contributed by atoms with van der Waals surface area (Å²) in [6, 6.07) is 19.0. The van der Waals surface area contributed by atoms with Crippen molar-refractivity contribution in [2.24, 2.45) is 0 Å². The minimum atomic E-state index is -0.670. The third kappa shape index (κ3) is 4.48. The maximum absolute atomic E-state index is 12.6. The summed E-state index contributed by atoms with van der Waals surface area (Å²) in [4.78, 5) is 37.9. The Hall–Kier alpha value is -4.33. The number of carbonyl (C=O) groups excluding carboxylic acids is 3. The van der Waals surface area contributed by atoms with Crippen molar-refractivity contribution in [2.75, 3.05) is 19.0 Å². The van der Waals surface area contributed by atoms with Crippen molar-refractivity contribution < 1.29 is 23.5 Å². The number of rotatable bonds is 6. The lowest BCUT2D eigenvalue weighted by atomic mass is 10.2. The number of ether oxygens (including phenoxy) is 1. The number of anilines is 1. The highest BCUT2D eigenvalue weighted by atomic mass is 16.5. The van der Waals surface area contributed by atoms with Crippen molar-refractivity contribution in [3.05, 3.63) is 78.2 Å². The predicted molar refractivity (Wildman–Crippen MR) is 114 cm³/mol. The molecule has 0 radical (unpaired) electrons. The van der Waals surface area contributed by atoms with E-state index in [2.05, 4.69) is 10.6 Å². The number of hydrogen-bond donors (Lipinski definition) is 2. The summed E-state index contributed by atoms with van der Waals surface area (Å²) < 4.78 is 10.8. The van der Waals surface area contributed by atoms with Crippen LogP contribution in [-0.4, -0.2) is 36.4 Å². The van der Waals surface area contributed by atoms with Gasteiger partial charge in [0.05, 0.1) is 7.11 Å². The van der Waals surface area contributed by atoms with E-state index in [-0.39, 0.29) is 5.70 Å². The van der Waals surface area contributed by atoms with Gasteiger partial charge in [0.15, 0.2) is 0 Å². The molecule has 1 aliphatic heterocycles. The van der Waals surface area contributed by atoms with Gasteiger partial charge in [-0.15, -0.1) is 0 Å². The fraction of sp³-hybridized carbons (Fsp3) is 0.0870. The Morgan fingerprint density at radius 2 is 1.81 bits per heavy atom. The van der Waals surface area contributed by atoms with Crippen molar-refractivity contribution in [3.63, 3.8) is 0 Å². The molecule has 8 nitrogen and oxygen atoms in total. The molecule has 0 bridgehead atoms. The van der Waals surface area contributed by atoms with E-state index in [9.17, 15) is 14.4 Å². The molecule has 1 saturated heterocycles. The summed E-state index contributed by atoms with van der Waals surface area (Å²) in [6.07, 6.45) is 1.44. The molecule has 2 N–H and O–H groups in total. The van der Waals surface area contributed by atoms with Crippen LogP contribution >= 0.6 is 0 Å². The summed E-state index contributed by atoms with van der Waals surface area (Å²) in [5.74, 6) is 0.592. The van der Waals surface area contributed by atoms with Crippen LogP contribution in [0.15, 0.2) is 76.8 Å². The second kappa shape index (κ2) is 8.58. The highest BCUT2D eigenvalue weighted by Crippen LogP contribution is 2.24. The largest absolute Gasteiger partial charge is 0.497 e. The molecule has 4 amide bonds. The number of methoxy groups -OCH3 is 1. The molecular formula is C23H19N3O5. The Morgan fingerprint density at radius 3 is 2.52 bits per heavy atom. The maximum Gasteiger partial charge on any atom is 0.329 e. The zero-order valence-corrected chi connectivity index (χ0v) is 16.6. The van der Waals surface area contributed by atoms with Gasteiger partial charge < -0.3 is 19.8 Å². The van der Waals surface area contributed by atoms with Gasteiger partial charge in [-0.3, -0.25) is 9.59 Å². The second-order valence-corrected chi connectivity index (χ2v) is 6.72. The fourth-order valence-corrected chi connectivity index (χ4v) is 3.06. The number of carbonyl (C=O) groups is 3. The molecule has 2 heterocycles. The van der Waals surface area contributed by atoms with Gasteiger partial charge in [0.1, 0.15) is 29.5 Å². The standard InChI is InChI=1S/C23H19N3O5/c1-30-17-9-7-16(8-10-17)24-21(27)14-26-22(28)19(25-23(26)29)13-18-11-12-20(31-18)15-5-3-2-4-6-15/h2-13H,14H2,1H3,(H,24,27)(H,25,29). The van der Waals surface area contributed by atoms with E-state index in [0.29, 0.717) is 23.0 Å². The molecule has 1 aromatic heterocycles. The third-order valence-electron chi connectivity index (χ3n) is 4.61. The monoisotopic (exact) mass is 417 g/mol. The predicted octanol–water partition coefficient (Wildman–Crippen LogP) is 3.49. The number of nitrogens with one attached hydrogen (secondary N) is 2. The first kappa shape index (κ1) is 20.0. The molecule has 3 aromatic rings. The van der Waals surface area contributed by atoms with E-state index in [4.69, 9.17) is 9.15 Å². The van der Waals surface area contributed by atoms with Crippen LogP contribution in [0.4, 0.5) is 10.5 Å². The number of urea groups is 1. The van der Waals surface area contributed by atoms with Crippen molar-refractivity contribution >= 4 is 29.6 Å². The smallest absolute Gasteiger partial charge is 0.329 e. The Morgan fingerprint density at radius 1 is 1.06 bits per heavy atom. The van der Waals surface area contributed by atoms with E-state index in [1.165, 1.54) is 6.08 Å². The van der Waals surface area contributed by atoms with Gasteiger partial charge in [-0.05, 0) is 36.4 Å². The Bertz CT molecular complexity index is 1150. The van der Waals surface area contributed by atoms with Crippen LogP contribution in [0.3, 0.4) is 0 Å². The van der Waals surface area contributed by atoms with Gasteiger partial charge in [-0.25, -0.2) is 9.69 Å². The fourth-order valence-electron chi connectivity index (χ4n) is 3.06. The molecule has 0 unspecified atom stereocenters. The van der Waals surface area contributed by atoms with E-state index < -0.39 is 24.4 Å². The first-order valence-electron chi connectivity index (χ1n) is 9.47. The van der Waals surface area contributed by atoms with Crippen LogP contribution in [0.1, 0.15) is 5.76 Å². The van der Waals surface area contributed by atoms with Crippen LogP contribution in [-0.2, 0) is 9.59 Å². The molecule has 1 aliphatic rings. The summed E-state index contributed by atoms with van der Waals surface area (Å²) in [6.45, 7) is -0.415. The Kier molecular flexibility index (Phi) is 5.53. The Labute approximate surface area is 178 Å². The number of furan rings is 1. The lowest BCUT2D eigenvalue weighted by Crippen LogP contribution is -2.38. The molecule has 0 aliphatic carbocycles. The number of benzene rings is 2. The second-order valence-electron chi connectivity index (χ2n) is 6.72. The maximum atomic E-state index is 12.6. The van der Waals surface area contributed by atoms with E-state index >= 15 is 0 Å². The highest BCUT2D eigenvalue weighted by Gasteiger charge is 2.35. The van der Waals surface area contributed by atoms with Gasteiger partial charge in [0, 0.05) is 17.3 Å². The number of amides is 4. The first-order valence-corrected chi connectivity index (χ1v) is 9.47. The van der Waals surface area contributed by atoms with Crippen molar-refractivity contribution in [2.45, 2.75) is 0 Å². The van der Waals surface area contributed by atoms with E-state index in [1.54, 1.807) is 43.5 Å². The third-order valence-corrected chi connectivity index (χ3v) is 4.61. The summed E-state index contributed by atoms with van der Waals surface area (Å²) in [5, 5.41) is 5.12. The van der Waals surface area contributed by atoms with Crippen LogP contribution in [0, 0.1) is 0 Å². The van der Waals surface area contributed by atoms with Crippen LogP contribution < -0.4 is 15.4 Å². The first-order chi connectivity index (χ1) is 15.0. The van der Waals surface area contributed by atoms with E-state index in [0.717, 1.165) is 10.5 Å². The Balaban J connectivity index is 1.42. The lowest BCUT2D eigenvalue weighted by Gasteiger charge is -2.12. The quantitative estimate of drug-likeness (QED) is 0.472. The minimum absolute atomic E-state index is 0.0382. The normalized spacial score (nSPS) is 14.6. The van der Waals surface area contributed by atoms with Crippen molar-refractivity contribution in [1.29, 1.82) is 0 Å². The van der Waals surface area contributed by atoms with Gasteiger partial charge in [-0.1, -0.05) is 30.3 Å². The van der Waals surface area contributed by atoms with Crippen LogP contribution in [0.25, 0.3) is 17.4 Å². The molecule has 8 heteroatoms. The average molecular weight is 417 g/mol. The molecule has 1 fully saturated rings. The number of hydrogen-bond acceptors (Lipinski definition) is 5. The summed E-state index contributed by atoms with van der Waals surface area (Å²) in [7, 11) is 1.54. The molecule has 0 saturated carbocycles. The molecule has 31 heavy (non-hydrogen) atoms. The van der Waals surface area contributed by atoms with Gasteiger partial charge in [-0.2, -0.15) is 0 Å². The topological polar surface area (TPSA) is 101 Å². The van der Waals surface area contributed by atoms with E-state index in [1.807, 2.05) is 30.3 Å². The minimum Gasteiger partial charge on any atom is -0.497 e. The zero-order valence-electron chi connectivity index (χ0n) is 16.6. The molecule has 4 rings (SSSR count). The van der Waals surface area contributed by atoms with Gasteiger partial charge in [0.2, 0.25) is 5.91 Å². The van der Waals surface area contributed by atoms with Crippen molar-refractivity contribution in [1.82, 2.24) is 10.2 Å². The molecular weight excluding hydrogens is 398 g/mol. The average Bonchev–Trinajstić information content (AvgIpc) is 3.35. The van der Waals surface area contributed by atoms with Crippen LogP contribution in [0.5, 0.6) is 5.75 Å². The summed E-state index contributed by atoms with van der Waals surface area (Å²) in [5.41, 5.74) is 1.46. The van der Waals surface area contributed by atoms with Crippen LogP contribution in [0.2, 0.25) is 0 Å². The molecule has 2 aromatic carbocycles. The van der Waals surface area contributed by atoms with Gasteiger partial charge >= 0.3 is 6.03 Å².